The molecular weight excluding hydrogens is 624 g/mol. The fraction of sp³-hybridized carbons (Fsp3) is 0.176. The first kappa shape index (κ1) is 33.4. The number of carboxylic acids is 2. The lowest BCUT2D eigenvalue weighted by molar-refractivity contribution is -0.143. The first-order valence-corrected chi connectivity index (χ1v) is 14.5. The summed E-state index contributed by atoms with van der Waals surface area (Å²) in [7, 11) is 1.68. The summed E-state index contributed by atoms with van der Waals surface area (Å²) in [5.74, 6) is -4.25. The number of fused-ring (bicyclic) bond motifs is 6. The number of hydrogen-bond acceptors (Lipinski definition) is 11. The van der Waals surface area contributed by atoms with Gasteiger partial charge in [0.25, 0.3) is 0 Å². The second-order valence-electron chi connectivity index (χ2n) is 11.1. The molecule has 0 aliphatic carbocycles. The molecule has 0 fully saturated rings. The molecule has 2 atom stereocenters. The monoisotopic (exact) mass is 656 g/mol. The number of benzene rings is 4. The van der Waals surface area contributed by atoms with Crippen LogP contribution in [0.3, 0.4) is 0 Å². The highest BCUT2D eigenvalue weighted by Crippen LogP contribution is 2.57. The molecule has 248 valence electrons. The fourth-order valence-electron chi connectivity index (χ4n) is 5.86. The van der Waals surface area contributed by atoms with Gasteiger partial charge in [0.2, 0.25) is 5.91 Å². The van der Waals surface area contributed by atoms with Gasteiger partial charge in [-0.3, -0.25) is 14.5 Å². The van der Waals surface area contributed by atoms with Gasteiger partial charge in [0.1, 0.15) is 29.0 Å². The van der Waals surface area contributed by atoms with Gasteiger partial charge in [0.05, 0.1) is 22.9 Å². The highest BCUT2D eigenvalue weighted by atomic mass is 16.6. The average molecular weight is 657 g/mol. The number of phenols is 2. The summed E-state index contributed by atoms with van der Waals surface area (Å²) < 4.78 is 11.7. The van der Waals surface area contributed by atoms with Gasteiger partial charge in [-0.05, 0) is 49.4 Å². The molecule has 2 aliphatic heterocycles. The maximum atomic E-state index is 13.0. The normalized spacial score (nSPS) is 14.7. The largest absolute Gasteiger partial charge is 0.508 e. The molecule has 1 spiro atoms. The minimum atomic E-state index is -1.61. The standard InChI is InChI=1S/C22H13NO8.C12H19N3O2/c23-19(26)17-11(20(27)28)3-6-14-18(17)21(29)31-22(14)12-4-1-9(24)7-15(12)30-16-8-10(25)2-5-13(16)22;1-15(11(14)8-13)10(12(16)17)7-9-5-3-2-4-6-9/h1-8,24-25H,(H2,23,26)(H,27,28);2-6,10-11H,7-8,13-14H2,1H3,(H,16,17). The third-order valence-electron chi connectivity index (χ3n) is 8.23. The summed E-state index contributed by atoms with van der Waals surface area (Å²) in [6.45, 7) is 0.231. The van der Waals surface area contributed by atoms with Crippen LogP contribution in [0.2, 0.25) is 0 Å². The van der Waals surface area contributed by atoms with E-state index in [0.717, 1.165) is 5.56 Å². The molecule has 6 rings (SSSR count). The molecule has 48 heavy (non-hydrogen) atoms. The quantitative estimate of drug-likeness (QED) is 0.106. The Hall–Kier alpha value is -5.96. The number of amides is 1. The van der Waals surface area contributed by atoms with Crippen LogP contribution in [0.15, 0.2) is 78.9 Å². The van der Waals surface area contributed by atoms with Crippen LogP contribution in [-0.2, 0) is 21.6 Å². The van der Waals surface area contributed by atoms with E-state index in [2.05, 4.69) is 0 Å². The number of aliphatic carboxylic acids is 1. The number of carboxylic acid groups (broad SMARTS) is 2. The molecule has 14 heteroatoms. The van der Waals surface area contributed by atoms with Crippen LogP contribution in [0.4, 0.5) is 0 Å². The zero-order valence-electron chi connectivity index (χ0n) is 25.5. The number of rotatable bonds is 8. The number of carbonyl (C=O) groups is 4. The van der Waals surface area contributed by atoms with Crippen molar-refractivity contribution in [3.05, 3.63) is 118 Å². The minimum absolute atomic E-state index is 0.110. The first-order valence-electron chi connectivity index (χ1n) is 14.5. The summed E-state index contributed by atoms with van der Waals surface area (Å²) in [6, 6.07) is 19.8. The number of esters is 1. The lowest BCUT2D eigenvalue weighted by atomic mass is 9.76. The number of aromatic carboxylic acids is 1. The van der Waals surface area contributed by atoms with Crippen molar-refractivity contribution in [1.82, 2.24) is 4.90 Å². The molecule has 0 bridgehead atoms. The lowest BCUT2D eigenvalue weighted by Gasteiger charge is -2.36. The molecule has 0 radical (unpaired) electrons. The van der Waals surface area contributed by atoms with E-state index in [1.54, 1.807) is 11.9 Å². The zero-order valence-corrected chi connectivity index (χ0v) is 25.5. The van der Waals surface area contributed by atoms with Crippen LogP contribution < -0.4 is 21.9 Å². The lowest BCUT2D eigenvalue weighted by Crippen LogP contribution is -2.53. The summed E-state index contributed by atoms with van der Waals surface area (Å²) >= 11 is 0. The number of primary amides is 1. The van der Waals surface area contributed by atoms with Crippen molar-refractivity contribution in [1.29, 1.82) is 0 Å². The molecule has 2 heterocycles. The second kappa shape index (κ2) is 13.0. The van der Waals surface area contributed by atoms with Crippen molar-refractivity contribution < 1.29 is 49.1 Å². The van der Waals surface area contributed by atoms with E-state index < -0.39 is 52.8 Å². The molecule has 4 aromatic carbocycles. The van der Waals surface area contributed by atoms with E-state index in [1.807, 2.05) is 30.3 Å². The van der Waals surface area contributed by atoms with E-state index in [9.17, 15) is 39.6 Å². The van der Waals surface area contributed by atoms with E-state index in [4.69, 9.17) is 26.7 Å². The van der Waals surface area contributed by atoms with Crippen molar-refractivity contribution in [2.75, 3.05) is 13.6 Å². The Balaban J connectivity index is 0.000000226. The van der Waals surface area contributed by atoms with Gasteiger partial charge in [-0.25, -0.2) is 9.59 Å². The summed E-state index contributed by atoms with van der Waals surface area (Å²) in [5, 5.41) is 38.5. The van der Waals surface area contributed by atoms with E-state index >= 15 is 0 Å². The van der Waals surface area contributed by atoms with Gasteiger partial charge in [0.15, 0.2) is 5.60 Å². The number of aromatic hydroxyl groups is 2. The predicted octanol–water partition coefficient (Wildman–Crippen LogP) is 2.32. The number of phenolic OH excluding ortho intramolecular Hbond substituents is 2. The number of hydrogen-bond donors (Lipinski definition) is 7. The van der Waals surface area contributed by atoms with E-state index in [-0.39, 0.29) is 40.7 Å². The number of ether oxygens (including phenoxy) is 2. The van der Waals surface area contributed by atoms with E-state index in [1.165, 1.54) is 48.5 Å². The van der Waals surface area contributed by atoms with Crippen molar-refractivity contribution in [3.8, 4) is 23.0 Å². The molecule has 0 saturated carbocycles. The Morgan fingerprint density at radius 3 is 1.94 bits per heavy atom. The fourth-order valence-corrected chi connectivity index (χ4v) is 5.86. The molecule has 2 unspecified atom stereocenters. The van der Waals surface area contributed by atoms with Crippen LogP contribution in [-0.4, -0.2) is 74.9 Å². The number of likely N-dealkylation sites (N-methyl/N-ethyl adjacent to an activating group) is 1. The SMILES string of the molecule is CN(C(N)CN)C(Cc1ccccc1)C(=O)O.NC(=O)c1c(C(=O)O)ccc2c1C(=O)OC21c2ccc(O)cc2Oc2cc(O)ccc21. The summed E-state index contributed by atoms with van der Waals surface area (Å²) in [4.78, 5) is 49.6. The Kier molecular flexibility index (Phi) is 9.07. The first-order chi connectivity index (χ1) is 22.8. The van der Waals surface area contributed by atoms with Crippen molar-refractivity contribution >= 4 is 23.8 Å². The number of carbonyl (C=O) groups excluding carboxylic acids is 2. The molecule has 0 saturated heterocycles. The van der Waals surface area contributed by atoms with Crippen molar-refractivity contribution in [3.63, 3.8) is 0 Å². The summed E-state index contributed by atoms with van der Waals surface area (Å²) in [6.07, 6.45) is -0.0276. The smallest absolute Gasteiger partial charge is 0.341 e. The zero-order chi connectivity index (χ0) is 34.9. The molecule has 2 aliphatic rings. The van der Waals surface area contributed by atoms with Gasteiger partial charge in [-0.15, -0.1) is 0 Å². The Bertz CT molecular complexity index is 1880. The number of nitrogens with zero attached hydrogens (tertiary/aromatic N) is 1. The van der Waals surface area contributed by atoms with Gasteiger partial charge >= 0.3 is 17.9 Å². The van der Waals surface area contributed by atoms with Crippen molar-refractivity contribution in [2.45, 2.75) is 24.2 Å². The Morgan fingerprint density at radius 1 is 0.875 bits per heavy atom. The van der Waals surface area contributed by atoms with Crippen LogP contribution in [0.5, 0.6) is 23.0 Å². The predicted molar refractivity (Wildman–Crippen MR) is 170 cm³/mol. The molecule has 10 N–H and O–H groups in total. The highest BCUT2D eigenvalue weighted by Gasteiger charge is 2.55. The Labute approximate surface area is 273 Å². The maximum absolute atomic E-state index is 13.0. The van der Waals surface area contributed by atoms with Gasteiger partial charge in [0, 0.05) is 35.4 Å². The van der Waals surface area contributed by atoms with Crippen LogP contribution >= 0.6 is 0 Å². The molecule has 1 amide bonds. The van der Waals surface area contributed by atoms with Crippen LogP contribution in [0.25, 0.3) is 0 Å². The van der Waals surface area contributed by atoms with Gasteiger partial charge in [-0.2, -0.15) is 0 Å². The Morgan fingerprint density at radius 2 is 1.44 bits per heavy atom. The third-order valence-corrected chi connectivity index (χ3v) is 8.23. The molecular formula is C34H32N4O10. The second-order valence-corrected chi connectivity index (χ2v) is 11.1. The van der Waals surface area contributed by atoms with E-state index in [0.29, 0.717) is 17.5 Å². The molecule has 0 aromatic heterocycles. The topological polar surface area (TPSA) is 249 Å². The van der Waals surface area contributed by atoms with Gasteiger partial charge < -0.3 is 47.1 Å². The summed E-state index contributed by atoms with van der Waals surface area (Å²) in [5.41, 5.74) is 15.7. The maximum Gasteiger partial charge on any atom is 0.341 e. The highest BCUT2D eigenvalue weighted by molar-refractivity contribution is 6.13. The minimum Gasteiger partial charge on any atom is -0.508 e. The van der Waals surface area contributed by atoms with Gasteiger partial charge in [-0.1, -0.05) is 36.4 Å². The van der Waals surface area contributed by atoms with Crippen molar-refractivity contribution in [2.24, 2.45) is 17.2 Å². The average Bonchev–Trinajstić information content (AvgIpc) is 3.34. The van der Waals surface area contributed by atoms with Crippen LogP contribution in [0.1, 0.15) is 53.3 Å². The molecule has 14 nitrogen and oxygen atoms in total. The van der Waals surface area contributed by atoms with Crippen LogP contribution in [0, 0.1) is 0 Å². The third kappa shape index (κ3) is 5.86. The molecule has 4 aromatic rings. The number of nitrogens with two attached hydrogens (primary N) is 3.